The second-order valence-corrected chi connectivity index (χ2v) is 3.83. The Morgan fingerprint density at radius 2 is 2.57 bits per heavy atom. The van der Waals surface area contributed by atoms with Crippen molar-refractivity contribution in [2.24, 2.45) is 0 Å². The van der Waals surface area contributed by atoms with Crippen LogP contribution in [0.15, 0.2) is 17.5 Å². The number of thiophene rings is 1. The quantitative estimate of drug-likeness (QED) is 0.821. The van der Waals surface area contributed by atoms with E-state index in [0.29, 0.717) is 6.54 Å². The highest BCUT2D eigenvalue weighted by atomic mass is 32.1. The number of nitrogens with zero attached hydrogens (tertiary/aromatic N) is 1. The molecule has 0 saturated carbocycles. The minimum atomic E-state index is -0.304. The van der Waals surface area contributed by atoms with Crippen molar-refractivity contribution in [3.05, 3.63) is 22.4 Å². The van der Waals surface area contributed by atoms with Crippen LogP contribution in [0.4, 0.5) is 0 Å². The highest BCUT2D eigenvalue weighted by Crippen LogP contribution is 2.23. The molecule has 0 fully saturated rings. The van der Waals surface area contributed by atoms with Crippen molar-refractivity contribution in [3.63, 3.8) is 0 Å². The van der Waals surface area contributed by atoms with Gasteiger partial charge in [-0.05, 0) is 18.4 Å². The summed E-state index contributed by atoms with van der Waals surface area (Å²) in [6.07, 6.45) is 0.255. The summed E-state index contributed by atoms with van der Waals surface area (Å²) in [6, 6.07) is 5.92. The number of hydrogen-bond acceptors (Lipinski definition) is 3. The summed E-state index contributed by atoms with van der Waals surface area (Å²) in [7, 11) is 0. The van der Waals surface area contributed by atoms with Crippen LogP contribution < -0.4 is 5.32 Å². The third-order valence-electron chi connectivity index (χ3n) is 1.81. The summed E-state index contributed by atoms with van der Waals surface area (Å²) in [5.74, 6) is -0.367. The molecule has 1 atom stereocenters. The van der Waals surface area contributed by atoms with E-state index in [-0.39, 0.29) is 18.2 Å². The summed E-state index contributed by atoms with van der Waals surface area (Å²) in [5, 5.41) is 13.5. The molecule has 1 aromatic rings. The molecule has 0 bridgehead atoms. The van der Waals surface area contributed by atoms with E-state index in [1.807, 2.05) is 24.4 Å². The lowest BCUT2D eigenvalue weighted by Gasteiger charge is -2.05. The SMILES string of the molecule is CCNC(=O)CC(C#N)c1cccs1. The first-order valence-corrected chi connectivity index (χ1v) is 5.35. The van der Waals surface area contributed by atoms with Gasteiger partial charge >= 0.3 is 0 Å². The van der Waals surface area contributed by atoms with Gasteiger partial charge in [-0.2, -0.15) is 5.26 Å². The van der Waals surface area contributed by atoms with Crippen molar-refractivity contribution in [3.8, 4) is 6.07 Å². The van der Waals surface area contributed by atoms with Gasteiger partial charge in [0.05, 0.1) is 12.0 Å². The Bertz CT molecular complexity index is 326. The van der Waals surface area contributed by atoms with Crippen LogP contribution in [0, 0.1) is 11.3 Å². The molecule has 1 unspecified atom stereocenters. The molecule has 1 N–H and O–H groups in total. The van der Waals surface area contributed by atoms with E-state index in [4.69, 9.17) is 5.26 Å². The number of amides is 1. The molecule has 0 aromatic carbocycles. The maximum atomic E-state index is 11.2. The van der Waals surface area contributed by atoms with E-state index in [2.05, 4.69) is 11.4 Å². The van der Waals surface area contributed by atoms with Crippen LogP contribution in [0.2, 0.25) is 0 Å². The summed E-state index contributed by atoms with van der Waals surface area (Å²) in [5.41, 5.74) is 0. The monoisotopic (exact) mass is 208 g/mol. The predicted molar refractivity (Wildman–Crippen MR) is 56.0 cm³/mol. The highest BCUT2D eigenvalue weighted by Gasteiger charge is 2.15. The molecule has 0 spiro atoms. The van der Waals surface area contributed by atoms with Gasteiger partial charge in [0, 0.05) is 17.8 Å². The standard InChI is InChI=1S/C10H12N2OS/c1-2-12-10(13)6-8(7-11)9-4-3-5-14-9/h3-5,8H,2,6H2,1H3,(H,12,13). The number of carbonyl (C=O) groups excluding carboxylic acids is 1. The smallest absolute Gasteiger partial charge is 0.221 e. The van der Waals surface area contributed by atoms with E-state index < -0.39 is 0 Å². The Labute approximate surface area is 87.4 Å². The van der Waals surface area contributed by atoms with Crippen LogP contribution >= 0.6 is 11.3 Å². The fraction of sp³-hybridized carbons (Fsp3) is 0.400. The molecule has 0 radical (unpaired) electrons. The summed E-state index contributed by atoms with van der Waals surface area (Å²) < 4.78 is 0. The van der Waals surface area contributed by atoms with Gasteiger partial charge in [0.15, 0.2) is 0 Å². The molecule has 0 aliphatic carbocycles. The number of nitriles is 1. The molecule has 1 heterocycles. The molecule has 1 rings (SSSR count). The van der Waals surface area contributed by atoms with Crippen molar-refractivity contribution < 1.29 is 4.79 Å². The fourth-order valence-corrected chi connectivity index (χ4v) is 1.93. The normalized spacial score (nSPS) is 11.7. The predicted octanol–water partition coefficient (Wildman–Crippen LogP) is 1.88. The Morgan fingerprint density at radius 1 is 1.79 bits per heavy atom. The Hall–Kier alpha value is -1.34. The Kier molecular flexibility index (Phi) is 4.14. The molecule has 0 aliphatic heterocycles. The lowest BCUT2D eigenvalue weighted by atomic mass is 10.1. The van der Waals surface area contributed by atoms with Gasteiger partial charge < -0.3 is 5.32 Å². The van der Waals surface area contributed by atoms with Gasteiger partial charge in [0.1, 0.15) is 0 Å². The third-order valence-corrected chi connectivity index (χ3v) is 2.79. The first kappa shape index (κ1) is 10.7. The number of nitrogens with one attached hydrogen (secondary N) is 1. The van der Waals surface area contributed by atoms with E-state index in [1.54, 1.807) is 0 Å². The molecule has 74 valence electrons. The zero-order chi connectivity index (χ0) is 10.4. The largest absolute Gasteiger partial charge is 0.356 e. The summed E-state index contributed by atoms with van der Waals surface area (Å²) >= 11 is 1.51. The maximum Gasteiger partial charge on any atom is 0.221 e. The van der Waals surface area contributed by atoms with Crippen LogP contribution in [0.25, 0.3) is 0 Å². The van der Waals surface area contributed by atoms with Crippen molar-refractivity contribution in [2.75, 3.05) is 6.54 Å². The molecule has 1 amide bonds. The zero-order valence-electron chi connectivity index (χ0n) is 7.99. The maximum absolute atomic E-state index is 11.2. The van der Waals surface area contributed by atoms with Crippen LogP contribution in [-0.4, -0.2) is 12.5 Å². The second-order valence-electron chi connectivity index (χ2n) is 2.85. The minimum Gasteiger partial charge on any atom is -0.356 e. The first-order valence-electron chi connectivity index (χ1n) is 4.47. The van der Waals surface area contributed by atoms with Gasteiger partial charge in [0.25, 0.3) is 0 Å². The van der Waals surface area contributed by atoms with Crippen LogP contribution in [0.5, 0.6) is 0 Å². The zero-order valence-corrected chi connectivity index (χ0v) is 8.80. The minimum absolute atomic E-state index is 0.0625. The number of rotatable bonds is 4. The molecule has 1 aromatic heterocycles. The van der Waals surface area contributed by atoms with Crippen molar-refractivity contribution in [2.45, 2.75) is 19.3 Å². The van der Waals surface area contributed by atoms with Crippen LogP contribution in [-0.2, 0) is 4.79 Å². The molecule has 4 heteroatoms. The van der Waals surface area contributed by atoms with E-state index in [0.717, 1.165) is 4.88 Å². The average molecular weight is 208 g/mol. The molecule has 0 saturated heterocycles. The molecular weight excluding hydrogens is 196 g/mol. The first-order chi connectivity index (χ1) is 6.77. The summed E-state index contributed by atoms with van der Waals surface area (Å²) in [4.78, 5) is 12.2. The molecule has 3 nitrogen and oxygen atoms in total. The lowest BCUT2D eigenvalue weighted by Crippen LogP contribution is -2.24. The Morgan fingerprint density at radius 3 is 3.07 bits per heavy atom. The van der Waals surface area contributed by atoms with Crippen molar-refractivity contribution in [1.29, 1.82) is 5.26 Å². The number of hydrogen-bond donors (Lipinski definition) is 1. The van der Waals surface area contributed by atoms with E-state index >= 15 is 0 Å². The molecule has 14 heavy (non-hydrogen) atoms. The van der Waals surface area contributed by atoms with Crippen LogP contribution in [0.1, 0.15) is 24.1 Å². The second kappa shape index (κ2) is 5.40. The average Bonchev–Trinajstić information content (AvgIpc) is 2.67. The van der Waals surface area contributed by atoms with Gasteiger partial charge in [-0.1, -0.05) is 6.07 Å². The van der Waals surface area contributed by atoms with E-state index in [9.17, 15) is 4.79 Å². The highest BCUT2D eigenvalue weighted by molar-refractivity contribution is 7.10. The van der Waals surface area contributed by atoms with Gasteiger partial charge in [-0.15, -0.1) is 11.3 Å². The number of carbonyl (C=O) groups is 1. The topological polar surface area (TPSA) is 52.9 Å². The molecule has 0 aliphatic rings. The fourth-order valence-electron chi connectivity index (χ4n) is 1.15. The van der Waals surface area contributed by atoms with Gasteiger partial charge in [0.2, 0.25) is 5.91 Å². The molecular formula is C10H12N2OS. The Balaban J connectivity index is 2.57. The lowest BCUT2D eigenvalue weighted by molar-refractivity contribution is -0.121. The van der Waals surface area contributed by atoms with Crippen molar-refractivity contribution >= 4 is 17.2 Å². The van der Waals surface area contributed by atoms with Gasteiger partial charge in [-0.25, -0.2) is 0 Å². The third kappa shape index (κ3) is 2.86. The van der Waals surface area contributed by atoms with Crippen molar-refractivity contribution in [1.82, 2.24) is 5.32 Å². The summed E-state index contributed by atoms with van der Waals surface area (Å²) in [6.45, 7) is 2.48. The van der Waals surface area contributed by atoms with Gasteiger partial charge in [-0.3, -0.25) is 4.79 Å². The van der Waals surface area contributed by atoms with E-state index in [1.165, 1.54) is 11.3 Å². The van der Waals surface area contributed by atoms with Crippen LogP contribution in [0.3, 0.4) is 0 Å².